The minimum atomic E-state index is 0.0463. The van der Waals surface area contributed by atoms with Gasteiger partial charge in [-0.05, 0) is 62.8 Å². The summed E-state index contributed by atoms with van der Waals surface area (Å²) in [6, 6.07) is 16.8. The fourth-order valence-corrected chi connectivity index (χ4v) is 4.07. The van der Waals surface area contributed by atoms with Crippen LogP contribution in [0.4, 0.5) is 0 Å². The molecule has 0 aliphatic carbocycles. The predicted octanol–water partition coefficient (Wildman–Crippen LogP) is 4.98. The molecule has 0 saturated carbocycles. The lowest BCUT2D eigenvalue weighted by Crippen LogP contribution is -2.34. The summed E-state index contributed by atoms with van der Waals surface area (Å²) >= 11 is 0. The minimum absolute atomic E-state index is 0.0463. The molecule has 1 aromatic heterocycles. The Morgan fingerprint density at radius 1 is 0.857 bits per heavy atom. The lowest BCUT2D eigenvalue weighted by Gasteiger charge is -2.21. The van der Waals surface area contributed by atoms with Crippen LogP contribution in [0, 0.1) is 27.7 Å². The summed E-state index contributed by atoms with van der Waals surface area (Å²) in [5.41, 5.74) is 12.6. The van der Waals surface area contributed by atoms with Gasteiger partial charge in [0.05, 0.1) is 6.54 Å². The maximum absolute atomic E-state index is 13.1. The zero-order valence-corrected chi connectivity index (χ0v) is 17.6. The standard InChI is InChI=1S/C25H30N2O/c1-6-23-20(5)27(26-16-21-10-8-7-9-11-21)25(28)19(4)24(23)15-22-13-17(2)12-18(3)14-22/h7-14,26H,6,15-16H2,1-5H3. The Balaban J connectivity index is 1.99. The number of nitrogens with zero attached hydrogens (tertiary/aromatic N) is 1. The van der Waals surface area contributed by atoms with Gasteiger partial charge < -0.3 is 5.43 Å². The molecule has 0 aliphatic heterocycles. The van der Waals surface area contributed by atoms with Crippen molar-refractivity contribution in [1.82, 2.24) is 4.68 Å². The Hall–Kier alpha value is -2.81. The van der Waals surface area contributed by atoms with Crippen LogP contribution in [0.1, 0.15) is 51.6 Å². The highest BCUT2D eigenvalue weighted by Crippen LogP contribution is 2.21. The SMILES string of the molecule is CCc1c(Cc2cc(C)cc(C)c2)c(C)c(=O)n(NCc2ccccc2)c1C. The maximum Gasteiger partial charge on any atom is 0.272 e. The second kappa shape index (κ2) is 8.47. The van der Waals surface area contributed by atoms with Gasteiger partial charge >= 0.3 is 0 Å². The van der Waals surface area contributed by atoms with E-state index in [4.69, 9.17) is 0 Å². The summed E-state index contributed by atoms with van der Waals surface area (Å²) in [5.74, 6) is 0. The van der Waals surface area contributed by atoms with E-state index in [1.54, 1.807) is 4.68 Å². The zero-order chi connectivity index (χ0) is 20.3. The van der Waals surface area contributed by atoms with E-state index in [9.17, 15) is 4.79 Å². The highest BCUT2D eigenvalue weighted by molar-refractivity contribution is 5.42. The second-order valence-corrected chi connectivity index (χ2v) is 7.65. The molecule has 0 spiro atoms. The van der Waals surface area contributed by atoms with Gasteiger partial charge in [-0.3, -0.25) is 4.79 Å². The van der Waals surface area contributed by atoms with Crippen molar-refractivity contribution >= 4 is 0 Å². The van der Waals surface area contributed by atoms with Crippen molar-refractivity contribution in [2.75, 3.05) is 5.43 Å². The van der Waals surface area contributed by atoms with E-state index in [-0.39, 0.29) is 5.56 Å². The first kappa shape index (κ1) is 19.9. The zero-order valence-electron chi connectivity index (χ0n) is 17.6. The average molecular weight is 375 g/mol. The van der Waals surface area contributed by atoms with E-state index in [1.165, 1.54) is 27.8 Å². The molecule has 1 N–H and O–H groups in total. The van der Waals surface area contributed by atoms with Gasteiger partial charge in [0.15, 0.2) is 0 Å². The number of hydrogen-bond acceptors (Lipinski definition) is 2. The van der Waals surface area contributed by atoms with Gasteiger partial charge in [0.25, 0.3) is 5.56 Å². The number of rotatable bonds is 6. The first-order valence-corrected chi connectivity index (χ1v) is 9.99. The summed E-state index contributed by atoms with van der Waals surface area (Å²) in [5, 5.41) is 0. The number of aromatic nitrogens is 1. The second-order valence-electron chi connectivity index (χ2n) is 7.65. The summed E-state index contributed by atoms with van der Waals surface area (Å²) < 4.78 is 1.73. The van der Waals surface area contributed by atoms with Crippen LogP contribution in [0.15, 0.2) is 53.3 Å². The Kier molecular flexibility index (Phi) is 6.03. The van der Waals surface area contributed by atoms with Gasteiger partial charge in [0, 0.05) is 11.3 Å². The highest BCUT2D eigenvalue weighted by Gasteiger charge is 2.16. The fourth-order valence-electron chi connectivity index (χ4n) is 4.07. The van der Waals surface area contributed by atoms with Crippen molar-refractivity contribution in [3.8, 4) is 0 Å². The van der Waals surface area contributed by atoms with Gasteiger partial charge in [-0.15, -0.1) is 0 Å². The van der Waals surface area contributed by atoms with Crippen LogP contribution in [-0.2, 0) is 19.4 Å². The molecule has 2 aromatic carbocycles. The van der Waals surface area contributed by atoms with E-state index in [0.717, 1.165) is 29.7 Å². The van der Waals surface area contributed by atoms with Crippen LogP contribution >= 0.6 is 0 Å². The van der Waals surface area contributed by atoms with E-state index in [1.807, 2.05) is 32.0 Å². The number of pyridine rings is 1. The molecule has 0 atom stereocenters. The van der Waals surface area contributed by atoms with E-state index < -0.39 is 0 Å². The van der Waals surface area contributed by atoms with Crippen LogP contribution < -0.4 is 11.0 Å². The molecule has 0 radical (unpaired) electrons. The smallest absolute Gasteiger partial charge is 0.272 e. The molecular weight excluding hydrogens is 344 g/mol. The van der Waals surface area contributed by atoms with Crippen molar-refractivity contribution in [3.63, 3.8) is 0 Å². The Morgan fingerprint density at radius 3 is 2.11 bits per heavy atom. The molecule has 3 rings (SSSR count). The molecule has 0 bridgehead atoms. The maximum atomic E-state index is 13.1. The molecule has 3 heteroatoms. The molecule has 3 aromatic rings. The number of aryl methyl sites for hydroxylation is 2. The third kappa shape index (κ3) is 4.19. The molecule has 0 aliphatic rings. The summed E-state index contributed by atoms with van der Waals surface area (Å²) in [7, 11) is 0. The molecule has 0 fully saturated rings. The summed E-state index contributed by atoms with van der Waals surface area (Å²) in [4.78, 5) is 13.1. The van der Waals surface area contributed by atoms with Gasteiger partial charge in [0.1, 0.15) is 0 Å². The Morgan fingerprint density at radius 2 is 1.50 bits per heavy atom. The van der Waals surface area contributed by atoms with Crippen molar-refractivity contribution in [2.24, 2.45) is 0 Å². The average Bonchev–Trinajstić information content (AvgIpc) is 2.66. The van der Waals surface area contributed by atoms with Crippen LogP contribution in [0.3, 0.4) is 0 Å². The van der Waals surface area contributed by atoms with Crippen LogP contribution in [0.2, 0.25) is 0 Å². The Labute approximate surface area is 168 Å². The monoisotopic (exact) mass is 374 g/mol. The molecule has 3 nitrogen and oxygen atoms in total. The molecule has 0 amide bonds. The normalized spacial score (nSPS) is 10.9. The van der Waals surface area contributed by atoms with Crippen molar-refractivity contribution in [3.05, 3.63) is 104 Å². The molecule has 0 unspecified atom stereocenters. The molecule has 0 saturated heterocycles. The first-order chi connectivity index (χ1) is 13.4. The van der Waals surface area contributed by atoms with Crippen LogP contribution in [-0.4, -0.2) is 4.68 Å². The molecule has 28 heavy (non-hydrogen) atoms. The Bertz CT molecular complexity index is 1010. The highest BCUT2D eigenvalue weighted by atomic mass is 16.1. The lowest BCUT2D eigenvalue weighted by molar-refractivity contribution is 0.743. The minimum Gasteiger partial charge on any atom is -0.319 e. The molecule has 1 heterocycles. The fraction of sp³-hybridized carbons (Fsp3) is 0.320. The van der Waals surface area contributed by atoms with Crippen molar-refractivity contribution in [1.29, 1.82) is 0 Å². The predicted molar refractivity (Wildman–Crippen MR) is 118 cm³/mol. The quantitative estimate of drug-likeness (QED) is 0.660. The van der Waals surface area contributed by atoms with E-state index in [0.29, 0.717) is 6.54 Å². The third-order valence-electron chi connectivity index (χ3n) is 5.41. The summed E-state index contributed by atoms with van der Waals surface area (Å²) in [6.07, 6.45) is 1.70. The lowest BCUT2D eigenvalue weighted by atomic mass is 9.92. The molecular formula is C25H30N2O. The van der Waals surface area contributed by atoms with Gasteiger partial charge in [-0.1, -0.05) is 66.6 Å². The summed E-state index contributed by atoms with van der Waals surface area (Å²) in [6.45, 7) is 11.0. The topological polar surface area (TPSA) is 34.0 Å². The van der Waals surface area contributed by atoms with Crippen molar-refractivity contribution in [2.45, 2.75) is 54.0 Å². The van der Waals surface area contributed by atoms with Gasteiger partial charge in [-0.25, -0.2) is 4.68 Å². The largest absolute Gasteiger partial charge is 0.319 e. The van der Waals surface area contributed by atoms with E-state index in [2.05, 4.69) is 56.5 Å². The third-order valence-corrected chi connectivity index (χ3v) is 5.41. The van der Waals surface area contributed by atoms with Crippen LogP contribution in [0.25, 0.3) is 0 Å². The van der Waals surface area contributed by atoms with E-state index >= 15 is 0 Å². The van der Waals surface area contributed by atoms with Gasteiger partial charge in [-0.2, -0.15) is 0 Å². The van der Waals surface area contributed by atoms with Crippen LogP contribution in [0.5, 0.6) is 0 Å². The van der Waals surface area contributed by atoms with Crippen molar-refractivity contribution < 1.29 is 0 Å². The number of benzene rings is 2. The number of hydrogen-bond donors (Lipinski definition) is 1. The first-order valence-electron chi connectivity index (χ1n) is 9.99. The number of nitrogens with one attached hydrogen (secondary N) is 1. The molecule has 146 valence electrons. The van der Waals surface area contributed by atoms with Gasteiger partial charge in [0.2, 0.25) is 0 Å².